The molecule has 3 aromatic rings. The lowest BCUT2D eigenvalue weighted by molar-refractivity contribution is -0.122. The van der Waals surface area contributed by atoms with E-state index < -0.39 is 17.8 Å². The average molecular weight is 597 g/mol. The third-order valence-corrected chi connectivity index (χ3v) is 5.89. The van der Waals surface area contributed by atoms with Gasteiger partial charge in [0, 0.05) is 5.69 Å². The van der Waals surface area contributed by atoms with Gasteiger partial charge in [0.2, 0.25) is 0 Å². The molecular formula is C26H20IN3O6. The number of benzene rings is 3. The average Bonchev–Trinajstić information content (AvgIpc) is 2.86. The SMILES string of the molecule is COc1cc(/C=C2\C(=O)NC(=O)N(c3ccccc3)C2=O)cc(I)c1OCC(=O)Nc1ccccc1. The van der Waals surface area contributed by atoms with E-state index in [-0.39, 0.29) is 18.1 Å². The maximum Gasteiger partial charge on any atom is 0.335 e. The topological polar surface area (TPSA) is 114 Å². The molecule has 0 saturated carbocycles. The van der Waals surface area contributed by atoms with Crippen molar-refractivity contribution >= 4 is 63.8 Å². The number of carbonyl (C=O) groups excluding carboxylic acids is 4. The first-order valence-electron chi connectivity index (χ1n) is 10.7. The van der Waals surface area contributed by atoms with Crippen molar-refractivity contribution in [2.45, 2.75) is 0 Å². The normalized spacial score (nSPS) is 14.4. The fourth-order valence-corrected chi connectivity index (χ4v) is 4.24. The van der Waals surface area contributed by atoms with Crippen LogP contribution in [-0.2, 0) is 14.4 Å². The summed E-state index contributed by atoms with van der Waals surface area (Å²) in [5, 5.41) is 4.93. The van der Waals surface area contributed by atoms with Gasteiger partial charge in [0.1, 0.15) is 5.57 Å². The Bertz CT molecular complexity index is 1360. The van der Waals surface area contributed by atoms with E-state index in [1.807, 2.05) is 40.8 Å². The largest absolute Gasteiger partial charge is 0.493 e. The van der Waals surface area contributed by atoms with Gasteiger partial charge >= 0.3 is 6.03 Å². The van der Waals surface area contributed by atoms with Crippen molar-refractivity contribution < 1.29 is 28.7 Å². The van der Waals surface area contributed by atoms with Crippen molar-refractivity contribution in [2.24, 2.45) is 0 Å². The van der Waals surface area contributed by atoms with Gasteiger partial charge in [0.05, 0.1) is 16.4 Å². The fraction of sp³-hybridized carbons (Fsp3) is 0.0769. The summed E-state index contributed by atoms with van der Waals surface area (Å²) in [6, 6.07) is 19.7. The van der Waals surface area contributed by atoms with E-state index in [0.29, 0.717) is 32.0 Å². The number of rotatable bonds is 7. The number of barbiturate groups is 1. The molecule has 1 aliphatic rings. The molecule has 182 valence electrons. The number of para-hydroxylation sites is 2. The van der Waals surface area contributed by atoms with Crippen LogP contribution in [0.2, 0.25) is 0 Å². The minimum atomic E-state index is -0.821. The number of imide groups is 2. The van der Waals surface area contributed by atoms with Crippen molar-refractivity contribution in [3.63, 3.8) is 0 Å². The Morgan fingerprint density at radius 3 is 2.36 bits per heavy atom. The van der Waals surface area contributed by atoms with Crippen molar-refractivity contribution in [2.75, 3.05) is 23.9 Å². The lowest BCUT2D eigenvalue weighted by Gasteiger charge is -2.26. The summed E-state index contributed by atoms with van der Waals surface area (Å²) in [4.78, 5) is 51.0. The van der Waals surface area contributed by atoms with Crippen molar-refractivity contribution in [1.82, 2.24) is 5.32 Å². The molecule has 36 heavy (non-hydrogen) atoms. The van der Waals surface area contributed by atoms with Gasteiger partial charge in [-0.05, 0) is 70.6 Å². The van der Waals surface area contributed by atoms with Crippen LogP contribution in [0.1, 0.15) is 5.56 Å². The molecule has 1 heterocycles. The second kappa shape index (κ2) is 11.0. The van der Waals surface area contributed by atoms with Crippen LogP contribution in [0.15, 0.2) is 78.4 Å². The number of ether oxygens (including phenoxy) is 2. The Labute approximate surface area is 220 Å². The quantitative estimate of drug-likeness (QED) is 0.242. The van der Waals surface area contributed by atoms with Crippen LogP contribution in [0.3, 0.4) is 0 Å². The first kappa shape index (κ1) is 24.9. The molecule has 1 saturated heterocycles. The van der Waals surface area contributed by atoms with E-state index in [4.69, 9.17) is 9.47 Å². The van der Waals surface area contributed by atoms with Gasteiger partial charge in [-0.3, -0.25) is 19.7 Å². The van der Waals surface area contributed by atoms with Crippen LogP contribution in [0, 0.1) is 3.57 Å². The molecule has 1 fully saturated rings. The third kappa shape index (κ3) is 5.54. The lowest BCUT2D eigenvalue weighted by atomic mass is 10.1. The maximum atomic E-state index is 13.1. The predicted molar refractivity (Wildman–Crippen MR) is 142 cm³/mol. The van der Waals surface area contributed by atoms with E-state index in [0.717, 1.165) is 4.90 Å². The maximum absolute atomic E-state index is 13.1. The van der Waals surface area contributed by atoms with Gasteiger partial charge in [-0.2, -0.15) is 0 Å². The van der Waals surface area contributed by atoms with Gasteiger partial charge in [-0.25, -0.2) is 9.69 Å². The summed E-state index contributed by atoms with van der Waals surface area (Å²) >= 11 is 2.01. The summed E-state index contributed by atoms with van der Waals surface area (Å²) < 4.78 is 11.7. The zero-order chi connectivity index (χ0) is 25.7. The number of hydrogen-bond acceptors (Lipinski definition) is 6. The predicted octanol–water partition coefficient (Wildman–Crippen LogP) is 3.98. The molecule has 3 aromatic carbocycles. The Morgan fingerprint density at radius 2 is 1.69 bits per heavy atom. The minimum Gasteiger partial charge on any atom is -0.493 e. The number of halogens is 1. The number of nitrogens with zero attached hydrogens (tertiary/aromatic N) is 1. The first-order chi connectivity index (χ1) is 17.4. The first-order valence-corrected chi connectivity index (χ1v) is 11.8. The molecule has 2 N–H and O–H groups in total. The summed E-state index contributed by atoms with van der Waals surface area (Å²) in [5.41, 5.74) is 1.24. The molecule has 0 radical (unpaired) electrons. The van der Waals surface area contributed by atoms with Crippen molar-refractivity contribution in [3.05, 3.63) is 87.5 Å². The van der Waals surface area contributed by atoms with E-state index in [1.54, 1.807) is 54.6 Å². The smallest absolute Gasteiger partial charge is 0.335 e. The van der Waals surface area contributed by atoms with E-state index >= 15 is 0 Å². The lowest BCUT2D eigenvalue weighted by Crippen LogP contribution is -2.54. The highest BCUT2D eigenvalue weighted by molar-refractivity contribution is 14.1. The monoisotopic (exact) mass is 597 g/mol. The second-order valence-electron chi connectivity index (χ2n) is 7.53. The van der Waals surface area contributed by atoms with Crippen LogP contribution in [0.5, 0.6) is 11.5 Å². The summed E-state index contributed by atoms with van der Waals surface area (Å²) in [5.74, 6) is -1.25. The highest BCUT2D eigenvalue weighted by Gasteiger charge is 2.36. The minimum absolute atomic E-state index is 0.216. The highest BCUT2D eigenvalue weighted by Crippen LogP contribution is 2.35. The number of anilines is 2. The Kier molecular flexibility index (Phi) is 7.64. The van der Waals surface area contributed by atoms with Gasteiger partial charge in [0.15, 0.2) is 18.1 Å². The number of methoxy groups -OCH3 is 1. The molecule has 0 aromatic heterocycles. The zero-order valence-corrected chi connectivity index (χ0v) is 21.1. The standard InChI is InChI=1S/C26H20IN3O6/c1-35-21-14-16(13-20(27)23(21)36-15-22(31)28-17-8-4-2-5-9-17)12-19-24(32)29-26(34)30(25(19)33)18-10-6-3-7-11-18/h2-14H,15H2,1H3,(H,28,31)(H,29,32,34)/b19-12+. The molecular weight excluding hydrogens is 577 g/mol. The Hall–Kier alpha value is -4.19. The van der Waals surface area contributed by atoms with E-state index in [1.165, 1.54) is 13.2 Å². The van der Waals surface area contributed by atoms with Crippen molar-refractivity contribution in [1.29, 1.82) is 0 Å². The number of nitrogens with one attached hydrogen (secondary N) is 2. The van der Waals surface area contributed by atoms with E-state index in [2.05, 4.69) is 10.6 Å². The number of hydrogen-bond donors (Lipinski definition) is 2. The molecule has 9 nitrogen and oxygen atoms in total. The summed E-state index contributed by atoms with van der Waals surface area (Å²) in [7, 11) is 1.44. The number of amides is 5. The summed E-state index contributed by atoms with van der Waals surface area (Å²) in [6.07, 6.45) is 1.37. The van der Waals surface area contributed by atoms with Crippen LogP contribution >= 0.6 is 22.6 Å². The van der Waals surface area contributed by atoms with Crippen LogP contribution in [-0.4, -0.2) is 37.5 Å². The number of urea groups is 1. The van der Waals surface area contributed by atoms with Crippen LogP contribution < -0.4 is 25.0 Å². The van der Waals surface area contributed by atoms with Gasteiger partial charge in [-0.1, -0.05) is 36.4 Å². The number of carbonyl (C=O) groups is 4. The van der Waals surface area contributed by atoms with Gasteiger partial charge < -0.3 is 14.8 Å². The Balaban J connectivity index is 1.56. The van der Waals surface area contributed by atoms with Gasteiger partial charge in [-0.15, -0.1) is 0 Å². The van der Waals surface area contributed by atoms with Crippen LogP contribution in [0.4, 0.5) is 16.2 Å². The summed E-state index contributed by atoms with van der Waals surface area (Å²) in [6.45, 7) is -0.253. The molecule has 10 heteroatoms. The molecule has 0 bridgehead atoms. The molecule has 0 unspecified atom stereocenters. The molecule has 0 atom stereocenters. The van der Waals surface area contributed by atoms with E-state index in [9.17, 15) is 19.2 Å². The molecule has 5 amide bonds. The Morgan fingerprint density at radius 1 is 1.03 bits per heavy atom. The van der Waals surface area contributed by atoms with Gasteiger partial charge in [0.25, 0.3) is 17.7 Å². The molecule has 4 rings (SSSR count). The van der Waals surface area contributed by atoms with Crippen molar-refractivity contribution in [3.8, 4) is 11.5 Å². The third-order valence-electron chi connectivity index (χ3n) is 5.08. The molecule has 0 aliphatic carbocycles. The van der Waals surface area contributed by atoms with Crippen LogP contribution in [0.25, 0.3) is 6.08 Å². The second-order valence-corrected chi connectivity index (χ2v) is 8.69. The highest BCUT2D eigenvalue weighted by atomic mass is 127. The zero-order valence-electron chi connectivity index (χ0n) is 19.0. The molecule has 0 spiro atoms. The molecule has 1 aliphatic heterocycles. The fourth-order valence-electron chi connectivity index (χ4n) is 3.46.